The first kappa shape index (κ1) is 10.6. The van der Waals surface area contributed by atoms with Crippen molar-refractivity contribution in [3.05, 3.63) is 40.1 Å². The van der Waals surface area contributed by atoms with Gasteiger partial charge in [0.25, 0.3) is 0 Å². The van der Waals surface area contributed by atoms with E-state index in [1.54, 1.807) is 16.8 Å². The number of halogens is 1. The van der Waals surface area contributed by atoms with Crippen molar-refractivity contribution in [2.24, 2.45) is 0 Å². The van der Waals surface area contributed by atoms with Crippen LogP contribution in [0, 0.1) is 11.3 Å². The van der Waals surface area contributed by atoms with Crippen molar-refractivity contribution >= 4 is 21.9 Å². The summed E-state index contributed by atoms with van der Waals surface area (Å²) in [6.07, 6.45) is 0. The number of nitrogen functional groups attached to an aromatic ring is 1. The predicted molar refractivity (Wildman–Crippen MR) is 62.4 cm³/mol. The second kappa shape index (κ2) is 4.33. The molecule has 0 saturated carbocycles. The van der Waals surface area contributed by atoms with Crippen LogP contribution in [0.5, 0.6) is 0 Å². The molecule has 2 rings (SSSR count). The molecule has 5 nitrogen and oxygen atoms in total. The average Bonchev–Trinajstić information content (AvgIpc) is 2.59. The monoisotopic (exact) mass is 277 g/mol. The summed E-state index contributed by atoms with van der Waals surface area (Å²) in [6, 6.07) is 9.36. The van der Waals surface area contributed by atoms with E-state index in [2.05, 4.69) is 32.1 Å². The Balaban J connectivity index is 2.21. The quantitative estimate of drug-likeness (QED) is 0.903. The zero-order valence-corrected chi connectivity index (χ0v) is 9.85. The van der Waals surface area contributed by atoms with Gasteiger partial charge < -0.3 is 5.73 Å². The maximum Gasteiger partial charge on any atom is 0.240 e. The van der Waals surface area contributed by atoms with Crippen LogP contribution in [0.25, 0.3) is 0 Å². The Morgan fingerprint density at radius 1 is 1.38 bits per heavy atom. The Kier molecular flexibility index (Phi) is 2.88. The molecule has 0 aliphatic rings. The molecule has 0 amide bonds. The predicted octanol–water partition coefficient (Wildman–Crippen LogP) is 1.54. The van der Waals surface area contributed by atoms with E-state index < -0.39 is 0 Å². The third-order valence-electron chi connectivity index (χ3n) is 2.06. The Morgan fingerprint density at radius 2 is 2.06 bits per heavy atom. The lowest BCUT2D eigenvalue weighted by atomic mass is 10.1. The van der Waals surface area contributed by atoms with E-state index in [-0.39, 0.29) is 5.95 Å². The molecule has 0 fully saturated rings. The van der Waals surface area contributed by atoms with Crippen molar-refractivity contribution in [1.82, 2.24) is 14.8 Å². The molecule has 0 bridgehead atoms. The van der Waals surface area contributed by atoms with Gasteiger partial charge >= 0.3 is 0 Å². The molecule has 1 heterocycles. The summed E-state index contributed by atoms with van der Waals surface area (Å²) in [4.78, 5) is 3.93. The Hall–Kier alpha value is -1.87. The van der Waals surface area contributed by atoms with E-state index >= 15 is 0 Å². The molecule has 0 aliphatic heterocycles. The molecule has 16 heavy (non-hydrogen) atoms. The number of rotatable bonds is 2. The number of hydrogen-bond donors (Lipinski definition) is 1. The number of aromatic nitrogens is 3. The number of benzene rings is 1. The lowest BCUT2D eigenvalue weighted by molar-refractivity contribution is 0.670. The first-order valence-corrected chi connectivity index (χ1v) is 5.33. The molecule has 2 aromatic rings. The molecular formula is C10H8BrN5. The van der Waals surface area contributed by atoms with Crippen LogP contribution < -0.4 is 5.73 Å². The van der Waals surface area contributed by atoms with Gasteiger partial charge in [-0.15, -0.1) is 5.10 Å². The van der Waals surface area contributed by atoms with Crippen LogP contribution in [0.1, 0.15) is 11.1 Å². The van der Waals surface area contributed by atoms with Gasteiger partial charge in [0.05, 0.1) is 18.2 Å². The summed E-state index contributed by atoms with van der Waals surface area (Å²) in [7, 11) is 0. The standard InChI is InChI=1S/C10H8BrN5/c11-9-14-10(13)15-16(9)6-8-3-1-7(5-12)2-4-8/h1-4H,6H2,(H2,13,15). The molecule has 0 atom stereocenters. The van der Waals surface area contributed by atoms with Crippen LogP contribution in [0.3, 0.4) is 0 Å². The molecule has 0 spiro atoms. The molecule has 6 heteroatoms. The lowest BCUT2D eigenvalue weighted by Gasteiger charge is -2.01. The summed E-state index contributed by atoms with van der Waals surface area (Å²) in [6.45, 7) is 0.566. The van der Waals surface area contributed by atoms with Crippen LogP contribution in [-0.2, 0) is 6.54 Å². The van der Waals surface area contributed by atoms with Gasteiger partial charge in [-0.2, -0.15) is 10.2 Å². The highest BCUT2D eigenvalue weighted by atomic mass is 79.9. The number of nitriles is 1. The molecule has 1 aromatic heterocycles. The number of nitrogens with two attached hydrogens (primary N) is 1. The fraction of sp³-hybridized carbons (Fsp3) is 0.100. The summed E-state index contributed by atoms with van der Waals surface area (Å²) in [5.74, 6) is 0.237. The minimum absolute atomic E-state index is 0.237. The highest BCUT2D eigenvalue weighted by Gasteiger charge is 2.04. The number of hydrogen-bond acceptors (Lipinski definition) is 4. The lowest BCUT2D eigenvalue weighted by Crippen LogP contribution is -2.02. The number of nitrogens with zero attached hydrogens (tertiary/aromatic N) is 4. The molecular weight excluding hydrogens is 270 g/mol. The van der Waals surface area contributed by atoms with E-state index in [4.69, 9.17) is 11.0 Å². The molecule has 0 saturated heterocycles. The smallest absolute Gasteiger partial charge is 0.240 e. The molecule has 0 aliphatic carbocycles. The SMILES string of the molecule is N#Cc1ccc(Cn2nc(N)nc2Br)cc1. The van der Waals surface area contributed by atoms with Gasteiger partial charge in [-0.1, -0.05) is 12.1 Å². The summed E-state index contributed by atoms with van der Waals surface area (Å²) >= 11 is 3.26. The third kappa shape index (κ3) is 2.20. The first-order chi connectivity index (χ1) is 7.69. The van der Waals surface area contributed by atoms with E-state index in [1.165, 1.54) is 0 Å². The summed E-state index contributed by atoms with van der Waals surface area (Å²) in [5.41, 5.74) is 7.13. The maximum absolute atomic E-state index is 8.66. The maximum atomic E-state index is 8.66. The Labute approximate surface area is 101 Å². The highest BCUT2D eigenvalue weighted by Crippen LogP contribution is 2.11. The van der Waals surface area contributed by atoms with Gasteiger partial charge in [-0.25, -0.2) is 4.68 Å². The highest BCUT2D eigenvalue weighted by molar-refractivity contribution is 9.10. The van der Waals surface area contributed by atoms with Crippen LogP contribution in [0.15, 0.2) is 29.0 Å². The van der Waals surface area contributed by atoms with Crippen molar-refractivity contribution in [3.63, 3.8) is 0 Å². The van der Waals surface area contributed by atoms with E-state index in [1.807, 2.05) is 12.1 Å². The first-order valence-electron chi connectivity index (χ1n) is 4.54. The minimum atomic E-state index is 0.237. The topological polar surface area (TPSA) is 80.5 Å². The second-order valence-electron chi connectivity index (χ2n) is 3.21. The van der Waals surface area contributed by atoms with Crippen molar-refractivity contribution in [2.75, 3.05) is 5.73 Å². The second-order valence-corrected chi connectivity index (χ2v) is 3.91. The molecule has 0 unspecified atom stereocenters. The van der Waals surface area contributed by atoms with Gasteiger partial charge in [0.1, 0.15) is 0 Å². The largest absolute Gasteiger partial charge is 0.366 e. The van der Waals surface area contributed by atoms with E-state index in [0.717, 1.165) is 5.56 Å². The van der Waals surface area contributed by atoms with Crippen LogP contribution in [-0.4, -0.2) is 14.8 Å². The van der Waals surface area contributed by atoms with Crippen molar-refractivity contribution in [3.8, 4) is 6.07 Å². The van der Waals surface area contributed by atoms with E-state index in [0.29, 0.717) is 16.8 Å². The fourth-order valence-corrected chi connectivity index (χ4v) is 1.68. The summed E-state index contributed by atoms with van der Waals surface area (Å²) in [5, 5.41) is 12.7. The van der Waals surface area contributed by atoms with Crippen LogP contribution in [0.2, 0.25) is 0 Å². The molecule has 1 aromatic carbocycles. The average molecular weight is 278 g/mol. The zero-order chi connectivity index (χ0) is 11.5. The van der Waals surface area contributed by atoms with Gasteiger partial charge in [-0.3, -0.25) is 0 Å². The van der Waals surface area contributed by atoms with Crippen LogP contribution in [0.4, 0.5) is 5.95 Å². The Bertz CT molecular complexity index is 537. The van der Waals surface area contributed by atoms with Gasteiger partial charge in [0, 0.05) is 0 Å². The summed E-state index contributed by atoms with van der Waals surface area (Å²) < 4.78 is 2.24. The molecule has 80 valence electrons. The van der Waals surface area contributed by atoms with Gasteiger partial charge in [-0.05, 0) is 33.6 Å². The normalized spacial score (nSPS) is 10.0. The third-order valence-corrected chi connectivity index (χ3v) is 2.65. The fourth-order valence-electron chi connectivity index (χ4n) is 1.30. The molecule has 0 radical (unpaired) electrons. The van der Waals surface area contributed by atoms with Crippen molar-refractivity contribution in [2.45, 2.75) is 6.54 Å². The van der Waals surface area contributed by atoms with E-state index in [9.17, 15) is 0 Å². The molecule has 2 N–H and O–H groups in total. The number of anilines is 1. The van der Waals surface area contributed by atoms with Crippen molar-refractivity contribution in [1.29, 1.82) is 5.26 Å². The Morgan fingerprint density at radius 3 is 2.56 bits per heavy atom. The van der Waals surface area contributed by atoms with Gasteiger partial charge in [0.15, 0.2) is 4.73 Å². The van der Waals surface area contributed by atoms with Crippen LogP contribution >= 0.6 is 15.9 Å². The zero-order valence-electron chi connectivity index (χ0n) is 8.26. The van der Waals surface area contributed by atoms with Gasteiger partial charge in [0.2, 0.25) is 5.95 Å². The minimum Gasteiger partial charge on any atom is -0.366 e. The van der Waals surface area contributed by atoms with Crippen molar-refractivity contribution < 1.29 is 0 Å².